The number of hydrogen-bond acceptors (Lipinski definition) is 6. The number of aromatic nitrogens is 4. The van der Waals surface area contributed by atoms with Gasteiger partial charge < -0.3 is 14.2 Å². The van der Waals surface area contributed by atoms with Crippen LogP contribution in [-0.4, -0.2) is 56.4 Å². The molecular formula is C25H26N6O3S. The number of carbonyl (C=O) groups is 1. The summed E-state index contributed by atoms with van der Waals surface area (Å²) in [6, 6.07) is 10.1. The zero-order chi connectivity index (χ0) is 24.7. The Kier molecular flexibility index (Phi) is 6.00. The largest absolute Gasteiger partial charge is 0.378 e. The van der Waals surface area contributed by atoms with Crippen molar-refractivity contribution in [2.75, 3.05) is 26.3 Å². The molecule has 1 saturated heterocycles. The zero-order valence-electron chi connectivity index (χ0n) is 19.8. The van der Waals surface area contributed by atoms with Crippen molar-refractivity contribution in [1.82, 2.24) is 24.2 Å². The van der Waals surface area contributed by atoms with Gasteiger partial charge in [0, 0.05) is 36.2 Å². The van der Waals surface area contributed by atoms with Crippen LogP contribution in [0.4, 0.5) is 0 Å². The minimum absolute atomic E-state index is 0.00424. The van der Waals surface area contributed by atoms with Crippen LogP contribution in [0.5, 0.6) is 0 Å². The maximum Gasteiger partial charge on any atom is 0.283 e. The standard InChI is InChI=1S/C25H26N6O3S/c1-15-6-4-5-7-20(15)30-16(2)12-18(17(30)3)13-19-23(26)31-25(27-24(19)33)35-21(28-31)14-22(32)29-8-10-34-11-9-29/h4-7,12-14,26,28H,8-11H2,1-3H3/b19-13+,21-14+,26-23?. The first kappa shape index (κ1) is 23.0. The predicted octanol–water partition coefficient (Wildman–Crippen LogP) is 0.723. The Balaban J connectivity index is 1.60. The van der Waals surface area contributed by atoms with Gasteiger partial charge in [-0.3, -0.25) is 20.1 Å². The number of morpholine rings is 1. The second kappa shape index (κ2) is 9.12. The van der Waals surface area contributed by atoms with Gasteiger partial charge in [-0.05, 0) is 50.1 Å². The molecule has 4 heterocycles. The summed E-state index contributed by atoms with van der Waals surface area (Å²) in [7, 11) is 0. The second-order valence-electron chi connectivity index (χ2n) is 8.55. The maximum absolute atomic E-state index is 12.9. The number of ether oxygens (including phenoxy) is 1. The minimum Gasteiger partial charge on any atom is -0.378 e. The molecular weight excluding hydrogens is 464 g/mol. The van der Waals surface area contributed by atoms with Gasteiger partial charge in [-0.15, -0.1) is 0 Å². The Morgan fingerprint density at radius 2 is 1.94 bits per heavy atom. The van der Waals surface area contributed by atoms with E-state index in [2.05, 4.69) is 33.7 Å². The Morgan fingerprint density at radius 3 is 2.69 bits per heavy atom. The van der Waals surface area contributed by atoms with Crippen LogP contribution in [0, 0.1) is 26.2 Å². The molecule has 180 valence electrons. The Hall–Kier alpha value is -3.76. The monoisotopic (exact) mass is 490 g/mol. The molecule has 0 spiro atoms. The number of aromatic amines is 1. The molecule has 3 aliphatic rings. The van der Waals surface area contributed by atoms with Crippen LogP contribution >= 0.6 is 11.3 Å². The van der Waals surface area contributed by atoms with Gasteiger partial charge in [0.05, 0.1) is 18.4 Å². The Labute approximate surface area is 205 Å². The summed E-state index contributed by atoms with van der Waals surface area (Å²) in [5, 5.41) is 12.2. The molecule has 0 saturated carbocycles. The fourth-order valence-electron chi connectivity index (χ4n) is 4.37. The second-order valence-corrected chi connectivity index (χ2v) is 9.56. The van der Waals surface area contributed by atoms with Gasteiger partial charge in [0.25, 0.3) is 5.56 Å². The highest BCUT2D eigenvalue weighted by Crippen LogP contribution is 2.23. The van der Waals surface area contributed by atoms with Crippen molar-refractivity contribution in [2.45, 2.75) is 20.8 Å². The van der Waals surface area contributed by atoms with E-state index in [4.69, 9.17) is 10.1 Å². The summed E-state index contributed by atoms with van der Waals surface area (Å²) in [4.78, 5) is 31.3. The van der Waals surface area contributed by atoms with E-state index in [1.165, 1.54) is 22.1 Å². The van der Waals surface area contributed by atoms with E-state index in [0.717, 1.165) is 28.2 Å². The lowest BCUT2D eigenvalue weighted by atomic mass is 10.2. The maximum atomic E-state index is 12.9. The number of benzene rings is 1. The molecule has 1 fully saturated rings. The van der Waals surface area contributed by atoms with Crippen molar-refractivity contribution in [3.8, 4) is 10.8 Å². The Bertz CT molecular complexity index is 1630. The number of carbonyl (C=O) groups excluding carboxylic acids is 1. The lowest BCUT2D eigenvalue weighted by molar-refractivity contribution is -0.128. The van der Waals surface area contributed by atoms with Gasteiger partial charge in [0.2, 0.25) is 11.0 Å². The van der Waals surface area contributed by atoms with Crippen LogP contribution in [0.1, 0.15) is 22.5 Å². The van der Waals surface area contributed by atoms with E-state index in [1.54, 1.807) is 11.0 Å². The van der Waals surface area contributed by atoms with Crippen molar-refractivity contribution in [3.05, 3.63) is 78.6 Å². The van der Waals surface area contributed by atoms with E-state index in [0.29, 0.717) is 36.1 Å². The molecule has 0 aliphatic carbocycles. The number of H-pyrrole nitrogens is 1. The molecule has 0 unspecified atom stereocenters. The van der Waals surface area contributed by atoms with Gasteiger partial charge in [-0.1, -0.05) is 29.5 Å². The molecule has 3 aliphatic heterocycles. The Morgan fingerprint density at radius 1 is 1.20 bits per heavy atom. The van der Waals surface area contributed by atoms with Crippen LogP contribution in [0.3, 0.4) is 0 Å². The highest BCUT2D eigenvalue weighted by atomic mass is 32.1. The fourth-order valence-corrected chi connectivity index (χ4v) is 5.22. The lowest BCUT2D eigenvalue weighted by Crippen LogP contribution is -2.47. The molecule has 1 amide bonds. The summed E-state index contributed by atoms with van der Waals surface area (Å²) in [6.45, 7) is 8.21. The molecule has 0 radical (unpaired) electrons. The normalized spacial score (nSPS) is 15.3. The summed E-state index contributed by atoms with van der Waals surface area (Å²) in [5.41, 5.74) is 4.60. The van der Waals surface area contributed by atoms with E-state index < -0.39 is 5.56 Å². The van der Waals surface area contributed by atoms with E-state index >= 15 is 0 Å². The summed E-state index contributed by atoms with van der Waals surface area (Å²) >= 11 is 1.17. The first-order valence-corrected chi connectivity index (χ1v) is 12.2. The third-order valence-corrected chi connectivity index (χ3v) is 7.11. The van der Waals surface area contributed by atoms with Crippen LogP contribution in [0.25, 0.3) is 23.0 Å². The molecule has 10 heteroatoms. The summed E-state index contributed by atoms with van der Waals surface area (Å²) < 4.78 is 9.41. The number of nitrogens with one attached hydrogen (secondary N) is 2. The number of amides is 1. The zero-order valence-corrected chi connectivity index (χ0v) is 20.6. The van der Waals surface area contributed by atoms with Crippen molar-refractivity contribution in [1.29, 1.82) is 5.41 Å². The van der Waals surface area contributed by atoms with E-state index in [9.17, 15) is 9.59 Å². The highest BCUT2D eigenvalue weighted by Gasteiger charge is 2.17. The number of aryl methyl sites for hydroxylation is 2. The predicted molar refractivity (Wildman–Crippen MR) is 134 cm³/mol. The van der Waals surface area contributed by atoms with Crippen molar-refractivity contribution < 1.29 is 9.53 Å². The van der Waals surface area contributed by atoms with Crippen LogP contribution < -0.4 is 20.9 Å². The minimum atomic E-state index is -0.475. The first-order chi connectivity index (χ1) is 16.8. The van der Waals surface area contributed by atoms with Crippen LogP contribution in [-0.2, 0) is 9.53 Å². The van der Waals surface area contributed by atoms with Gasteiger partial charge in [-0.2, -0.15) is 4.98 Å². The number of fused-ring (bicyclic) bond motifs is 1. The average Bonchev–Trinajstić information content (AvgIpc) is 3.37. The smallest absolute Gasteiger partial charge is 0.283 e. The molecule has 1 aromatic heterocycles. The van der Waals surface area contributed by atoms with Gasteiger partial charge in [0.15, 0.2) is 5.49 Å². The summed E-state index contributed by atoms with van der Waals surface area (Å²) in [6.07, 6.45) is 3.20. The van der Waals surface area contributed by atoms with E-state index in [1.807, 2.05) is 32.0 Å². The molecule has 0 bridgehead atoms. The number of nitrogens with zero attached hydrogens (tertiary/aromatic N) is 4. The number of hydrogen-bond donors (Lipinski definition) is 2. The lowest BCUT2D eigenvalue weighted by Gasteiger charge is -2.25. The third-order valence-electron chi connectivity index (χ3n) is 6.22. The third kappa shape index (κ3) is 4.26. The summed E-state index contributed by atoms with van der Waals surface area (Å²) in [5.74, 6) is -0.138. The number of para-hydroxylation sites is 1. The van der Waals surface area contributed by atoms with Gasteiger partial charge >= 0.3 is 0 Å². The van der Waals surface area contributed by atoms with Crippen LogP contribution in [0.15, 0.2) is 35.1 Å². The van der Waals surface area contributed by atoms with Crippen molar-refractivity contribution >= 4 is 29.4 Å². The van der Waals surface area contributed by atoms with Gasteiger partial charge in [0.1, 0.15) is 4.66 Å². The molecule has 1 aromatic carbocycles. The molecule has 35 heavy (non-hydrogen) atoms. The quantitative estimate of drug-likeness (QED) is 0.441. The van der Waals surface area contributed by atoms with E-state index in [-0.39, 0.29) is 16.6 Å². The molecule has 0 atom stereocenters. The average molecular weight is 491 g/mol. The molecule has 2 N–H and O–H groups in total. The SMILES string of the molecule is Cc1ccccc1-n1c(C)cc(/C=c2/c(=O)nc3s/c(=C/C(=O)N4CCOCC4)[nH]n-3c2=N)c1C. The highest BCUT2D eigenvalue weighted by molar-refractivity contribution is 7.11. The van der Waals surface area contributed by atoms with Crippen LogP contribution in [0.2, 0.25) is 0 Å². The first-order valence-electron chi connectivity index (χ1n) is 11.3. The molecule has 5 rings (SSSR count). The molecule has 2 aromatic rings. The van der Waals surface area contributed by atoms with Crippen molar-refractivity contribution in [2.24, 2.45) is 0 Å². The topological polar surface area (TPSA) is 109 Å². The van der Waals surface area contributed by atoms with Crippen molar-refractivity contribution in [3.63, 3.8) is 0 Å². The molecule has 9 nitrogen and oxygen atoms in total. The van der Waals surface area contributed by atoms with Gasteiger partial charge in [-0.25, -0.2) is 4.68 Å². The number of rotatable bonds is 3. The fraction of sp³-hybridized carbons (Fsp3) is 0.280.